The molecule has 0 aromatic rings. The Kier molecular flexibility index (Phi) is 30.6. The second kappa shape index (κ2) is 38.1. The number of carbonyl (C=O) groups excluding carboxylic acids is 12. The molecule has 5 aliphatic carbocycles. The average Bonchev–Trinajstić information content (AvgIpc) is 1.21. The van der Waals surface area contributed by atoms with Gasteiger partial charge in [0.15, 0.2) is 0 Å². The molecule has 620 valence electrons. The molecule has 2 saturated heterocycles. The van der Waals surface area contributed by atoms with Crippen molar-refractivity contribution in [1.82, 2.24) is 60.0 Å². The van der Waals surface area contributed by atoms with Gasteiger partial charge >= 0.3 is 12.4 Å². The Balaban J connectivity index is 1.21. The highest BCUT2D eigenvalue weighted by Crippen LogP contribution is 2.46. The molecule has 8 aliphatic rings. The number of likely N-dealkylation sites (N-methyl/N-ethyl adjacent to an activating group) is 7. The lowest BCUT2D eigenvalue weighted by Crippen LogP contribution is -2.68. The molecule has 12 atom stereocenters. The van der Waals surface area contributed by atoms with Gasteiger partial charge in [0.25, 0.3) is 0 Å². The molecule has 7 fully saturated rings. The van der Waals surface area contributed by atoms with Gasteiger partial charge in [0.05, 0.1) is 31.5 Å². The molecule has 12 amide bonds. The number of ether oxygens (including phenoxy) is 1. The first-order valence-corrected chi connectivity index (χ1v) is 39.8. The first kappa shape index (κ1) is 88.3. The molecule has 2 unspecified atom stereocenters. The largest absolute Gasteiger partial charge is 0.397 e. The summed E-state index contributed by atoms with van der Waals surface area (Å²) in [6.07, 6.45) is -10.6. The Morgan fingerprint density at radius 3 is 1.80 bits per heavy atom. The molecule has 3 N–H and O–H groups in total. The van der Waals surface area contributed by atoms with E-state index in [-0.39, 0.29) is 109 Å². The van der Waals surface area contributed by atoms with Gasteiger partial charge < -0.3 is 64.8 Å². The third-order valence-corrected chi connectivity index (χ3v) is 25.4. The zero-order valence-electron chi connectivity index (χ0n) is 65.8. The standard InChI is InChI=1S/C77H118F8N12O13/c1-12-45(4)64-72(107)91(7)44-62(100)92(8)55-26-16-15-19-35-96(71(55)106)59(39-47-27-30-50(31-28-47)76(80,81)82)70(105)90(6)43-60(98)86-54(32-29-48-36-52(78)63(53(79)37-48)77(83,84)85)68(103)97-42-51(110-14-3)40-57(97)67(102)88-75(33-21-34-75)74(109)95(11)65(49-24-17-18-25-49)73(108)94(10)58(69(104)89(5)13-2)41-61(99)93(9)56(66(101)87-64)38-46-22-20-23-46/h15-16,45-59,63-65H,12-14,17-44H2,1-11H3,(H,86,98)(H,87,101)(H,88,102)/b16-15-/t45-,47?,48?,50?,51+,52?,53?,54-,55-,56-,57-,58-,59-,63?,64-,65-/m0/s1. The monoisotopic (exact) mass is 1570 g/mol. The van der Waals surface area contributed by atoms with Crippen LogP contribution in [-0.2, 0) is 62.3 Å². The first-order valence-electron chi connectivity index (χ1n) is 39.8. The highest BCUT2D eigenvalue weighted by atomic mass is 19.4. The summed E-state index contributed by atoms with van der Waals surface area (Å²) in [7, 11) is 9.61. The lowest BCUT2D eigenvalue weighted by Gasteiger charge is -2.46. The molecule has 33 heteroatoms. The Morgan fingerprint density at radius 1 is 0.618 bits per heavy atom. The van der Waals surface area contributed by atoms with E-state index >= 15 is 47.1 Å². The minimum Gasteiger partial charge on any atom is -0.377 e. The molecule has 2 bridgehead atoms. The van der Waals surface area contributed by atoms with Gasteiger partial charge in [0.1, 0.15) is 72.1 Å². The van der Waals surface area contributed by atoms with Crippen LogP contribution in [0.3, 0.4) is 0 Å². The number of halogens is 8. The molecule has 0 radical (unpaired) electrons. The van der Waals surface area contributed by atoms with E-state index in [1.807, 2.05) is 0 Å². The molecule has 0 aromatic heterocycles. The van der Waals surface area contributed by atoms with Crippen LogP contribution in [0.25, 0.3) is 0 Å². The fourth-order valence-corrected chi connectivity index (χ4v) is 17.7. The van der Waals surface area contributed by atoms with E-state index in [9.17, 15) is 45.5 Å². The van der Waals surface area contributed by atoms with Crippen molar-refractivity contribution >= 4 is 70.9 Å². The zero-order chi connectivity index (χ0) is 81.2. The van der Waals surface area contributed by atoms with Gasteiger partial charge in [-0.15, -0.1) is 0 Å². The van der Waals surface area contributed by atoms with Crippen LogP contribution in [0, 0.1) is 41.4 Å². The van der Waals surface area contributed by atoms with Gasteiger partial charge in [-0.25, -0.2) is 8.78 Å². The predicted molar refractivity (Wildman–Crippen MR) is 388 cm³/mol. The normalized spacial score (nSPS) is 32.4. The van der Waals surface area contributed by atoms with E-state index in [2.05, 4.69) is 16.0 Å². The van der Waals surface area contributed by atoms with E-state index in [4.69, 9.17) is 4.74 Å². The molecule has 3 heterocycles. The second-order valence-electron chi connectivity index (χ2n) is 32.7. The lowest BCUT2D eigenvalue weighted by atomic mass is 9.74. The number of alkyl halides is 8. The predicted octanol–water partition coefficient (Wildman–Crippen LogP) is 6.89. The van der Waals surface area contributed by atoms with Gasteiger partial charge in [0.2, 0.25) is 70.9 Å². The molecule has 3 aliphatic heterocycles. The Bertz CT molecular complexity index is 3300. The summed E-state index contributed by atoms with van der Waals surface area (Å²) in [6.45, 7) is 5.16. The highest BCUT2D eigenvalue weighted by molar-refractivity contribution is 6.01. The summed E-state index contributed by atoms with van der Waals surface area (Å²) in [5, 5.41) is 8.49. The minimum absolute atomic E-state index is 0.00223. The van der Waals surface area contributed by atoms with Crippen LogP contribution in [0.15, 0.2) is 12.2 Å². The van der Waals surface area contributed by atoms with Gasteiger partial charge in [-0.05, 0) is 153 Å². The molecule has 1 spiro atoms. The smallest absolute Gasteiger partial charge is 0.377 e. The topological polar surface area (TPSA) is 279 Å². The quantitative estimate of drug-likeness (QED) is 0.118. The van der Waals surface area contributed by atoms with Gasteiger partial charge in [-0.3, -0.25) is 57.5 Å². The summed E-state index contributed by atoms with van der Waals surface area (Å²) >= 11 is 0. The number of rotatable bonds is 14. The third kappa shape index (κ3) is 21.0. The van der Waals surface area contributed by atoms with Crippen LogP contribution >= 0.6 is 0 Å². The van der Waals surface area contributed by atoms with Crippen molar-refractivity contribution in [3.05, 3.63) is 12.2 Å². The molecular formula is C77H118F8N12O13. The van der Waals surface area contributed by atoms with Crippen molar-refractivity contribution in [3.8, 4) is 0 Å². The van der Waals surface area contributed by atoms with Crippen molar-refractivity contribution in [2.24, 2.45) is 41.4 Å². The summed E-state index contributed by atoms with van der Waals surface area (Å²) < 4.78 is 121. The number of nitrogens with zero attached hydrogens (tertiary/aromatic N) is 9. The maximum absolute atomic E-state index is 15.6. The number of amides is 12. The summed E-state index contributed by atoms with van der Waals surface area (Å²) in [5.74, 6) is -16.6. The van der Waals surface area contributed by atoms with Gasteiger partial charge in [-0.2, -0.15) is 26.3 Å². The van der Waals surface area contributed by atoms with Crippen LogP contribution in [0.4, 0.5) is 35.1 Å². The lowest BCUT2D eigenvalue weighted by molar-refractivity contribution is -0.219. The molecule has 0 aromatic carbocycles. The highest BCUT2D eigenvalue weighted by Gasteiger charge is 2.56. The zero-order valence-corrected chi connectivity index (χ0v) is 65.8. The summed E-state index contributed by atoms with van der Waals surface area (Å²) in [6, 6.07) is -11.3. The van der Waals surface area contributed by atoms with Gasteiger partial charge in [0, 0.05) is 82.0 Å². The van der Waals surface area contributed by atoms with Crippen molar-refractivity contribution in [2.45, 2.75) is 273 Å². The van der Waals surface area contributed by atoms with Crippen molar-refractivity contribution in [2.75, 3.05) is 88.7 Å². The molecule has 110 heavy (non-hydrogen) atoms. The van der Waals surface area contributed by atoms with Crippen LogP contribution in [0.1, 0.15) is 188 Å². The molecule has 25 nitrogen and oxygen atoms in total. The number of carbonyl (C=O) groups is 12. The summed E-state index contributed by atoms with van der Waals surface area (Å²) in [5.41, 5.74) is -1.69. The Labute approximate surface area is 641 Å². The number of nitrogens with one attached hydrogen (secondary N) is 3. The molecular weight excluding hydrogens is 1450 g/mol. The third-order valence-electron chi connectivity index (χ3n) is 25.4. The SMILES string of the molecule is CCO[C@@H]1C[C@H]2C(=O)NC3(CCC3)C(=O)N(C)[C@@H](C3CCCC3)C(=O)N(C)[C@H](C(=O)N(C)CC)CC(=O)N(C)[C@@H](CC3CCC3)C(=O)N[C@@H]([C@@H](C)CC)C(=O)N(C)CC(=O)N(C)[C@H]3C/C=C\CCN(C3=O)[C@@H](CC3CCC(C(F)(F)F)CC3)C(=O)N(C)CC(=O)N[C@@H](CCC3CC(F)C(C(F)(F)F)C(F)C3)C(=O)N2C1. The average molecular weight is 1570 g/mol. The molecule has 8 rings (SSSR count). The van der Waals surface area contributed by atoms with Crippen LogP contribution in [0.2, 0.25) is 0 Å². The second-order valence-corrected chi connectivity index (χ2v) is 32.7. The van der Waals surface area contributed by atoms with E-state index < -0.39 is 230 Å². The number of hydrogen-bond donors (Lipinski definition) is 3. The number of fused-ring (bicyclic) bond motifs is 3. The Hall–Kier alpha value is -7.22. The fraction of sp³-hybridized carbons (Fsp3) is 0.818. The van der Waals surface area contributed by atoms with Crippen molar-refractivity contribution in [3.63, 3.8) is 0 Å². The van der Waals surface area contributed by atoms with Crippen LogP contribution in [-0.4, -0.2) is 288 Å². The van der Waals surface area contributed by atoms with Crippen molar-refractivity contribution in [1.29, 1.82) is 0 Å². The molecule has 5 saturated carbocycles. The van der Waals surface area contributed by atoms with Crippen molar-refractivity contribution < 1.29 is 97.4 Å². The maximum Gasteiger partial charge on any atom is 0.397 e. The van der Waals surface area contributed by atoms with Gasteiger partial charge in [-0.1, -0.05) is 64.5 Å². The maximum atomic E-state index is 15.6. The van der Waals surface area contributed by atoms with Crippen LogP contribution in [0.5, 0.6) is 0 Å². The Morgan fingerprint density at radius 2 is 1.24 bits per heavy atom. The number of hydrogen-bond acceptors (Lipinski definition) is 13. The van der Waals surface area contributed by atoms with E-state index in [1.54, 1.807) is 39.8 Å². The minimum atomic E-state index is -5.22. The van der Waals surface area contributed by atoms with E-state index in [0.29, 0.717) is 38.5 Å². The van der Waals surface area contributed by atoms with E-state index in [1.165, 1.54) is 68.9 Å². The fourth-order valence-electron chi connectivity index (χ4n) is 17.7. The summed E-state index contributed by atoms with van der Waals surface area (Å²) in [4.78, 5) is 193. The van der Waals surface area contributed by atoms with Crippen LogP contribution < -0.4 is 16.0 Å². The van der Waals surface area contributed by atoms with E-state index in [0.717, 1.165) is 43.8 Å². The first-order chi connectivity index (χ1) is 51.8.